The highest BCUT2D eigenvalue weighted by atomic mass is 15.2. The van der Waals surface area contributed by atoms with Gasteiger partial charge in [-0.25, -0.2) is 0 Å². The first kappa shape index (κ1) is 13.1. The molecule has 1 saturated carbocycles. The zero-order valence-corrected chi connectivity index (χ0v) is 11.8. The van der Waals surface area contributed by atoms with Crippen LogP contribution < -0.4 is 5.73 Å². The molecule has 1 aliphatic heterocycles. The Labute approximate surface area is 117 Å². The average molecular weight is 258 g/mol. The molecule has 1 heterocycles. The molecule has 0 spiro atoms. The first-order valence-electron chi connectivity index (χ1n) is 7.91. The molecule has 2 N–H and O–H groups in total. The Morgan fingerprint density at radius 1 is 1.05 bits per heavy atom. The third-order valence-corrected chi connectivity index (χ3v) is 5.09. The molecule has 2 aliphatic rings. The van der Waals surface area contributed by atoms with Crippen LogP contribution in [-0.2, 0) is 0 Å². The van der Waals surface area contributed by atoms with E-state index in [0.29, 0.717) is 6.04 Å². The van der Waals surface area contributed by atoms with Crippen molar-refractivity contribution in [2.45, 2.75) is 50.6 Å². The van der Waals surface area contributed by atoms with Gasteiger partial charge in [0.2, 0.25) is 0 Å². The normalized spacial score (nSPS) is 29.7. The van der Waals surface area contributed by atoms with Gasteiger partial charge >= 0.3 is 0 Å². The summed E-state index contributed by atoms with van der Waals surface area (Å²) in [7, 11) is 0. The maximum absolute atomic E-state index is 6.12. The van der Waals surface area contributed by atoms with Crippen molar-refractivity contribution >= 4 is 0 Å². The Morgan fingerprint density at radius 2 is 1.79 bits per heavy atom. The minimum absolute atomic E-state index is 0.423. The number of hydrogen-bond acceptors (Lipinski definition) is 2. The number of benzene rings is 1. The van der Waals surface area contributed by atoms with Gasteiger partial charge in [0.1, 0.15) is 0 Å². The summed E-state index contributed by atoms with van der Waals surface area (Å²) in [4.78, 5) is 2.72. The van der Waals surface area contributed by atoms with Crippen LogP contribution in [0.1, 0.15) is 50.1 Å². The fourth-order valence-electron chi connectivity index (χ4n) is 4.19. The highest BCUT2D eigenvalue weighted by molar-refractivity contribution is 5.20. The fourth-order valence-corrected chi connectivity index (χ4v) is 4.19. The second-order valence-electron chi connectivity index (χ2n) is 6.15. The molecule has 1 saturated heterocycles. The minimum atomic E-state index is 0.423. The number of hydrogen-bond donors (Lipinski definition) is 1. The van der Waals surface area contributed by atoms with Gasteiger partial charge in [0, 0.05) is 18.6 Å². The summed E-state index contributed by atoms with van der Waals surface area (Å²) in [6.45, 7) is 1.98. The van der Waals surface area contributed by atoms with Crippen LogP contribution in [0.4, 0.5) is 0 Å². The van der Waals surface area contributed by atoms with Crippen LogP contribution >= 0.6 is 0 Å². The predicted molar refractivity (Wildman–Crippen MR) is 79.9 cm³/mol. The first-order valence-corrected chi connectivity index (χ1v) is 7.91. The first-order chi connectivity index (χ1) is 9.40. The van der Waals surface area contributed by atoms with Crippen molar-refractivity contribution < 1.29 is 0 Å². The van der Waals surface area contributed by atoms with Gasteiger partial charge in [-0.3, -0.25) is 4.90 Å². The number of nitrogens with zero attached hydrogens (tertiary/aromatic N) is 1. The van der Waals surface area contributed by atoms with Crippen molar-refractivity contribution in [3.63, 3.8) is 0 Å². The lowest BCUT2D eigenvalue weighted by Gasteiger charge is -2.47. The summed E-state index contributed by atoms with van der Waals surface area (Å²) >= 11 is 0. The summed E-state index contributed by atoms with van der Waals surface area (Å²) < 4.78 is 0. The number of rotatable bonds is 3. The van der Waals surface area contributed by atoms with Gasteiger partial charge in [-0.05, 0) is 43.7 Å². The van der Waals surface area contributed by atoms with E-state index in [0.717, 1.165) is 18.5 Å². The third-order valence-electron chi connectivity index (χ3n) is 5.09. The molecule has 3 atom stereocenters. The highest BCUT2D eigenvalue weighted by Crippen LogP contribution is 2.39. The Hall–Kier alpha value is -0.860. The molecule has 2 heteroatoms. The lowest BCUT2D eigenvalue weighted by Crippen LogP contribution is -2.49. The summed E-state index contributed by atoms with van der Waals surface area (Å²) in [5, 5.41) is 0. The van der Waals surface area contributed by atoms with E-state index in [9.17, 15) is 0 Å². The fraction of sp³-hybridized carbons (Fsp3) is 0.647. The third kappa shape index (κ3) is 2.70. The van der Waals surface area contributed by atoms with Gasteiger partial charge in [0.25, 0.3) is 0 Å². The molecule has 0 aromatic heterocycles. The van der Waals surface area contributed by atoms with E-state index >= 15 is 0 Å². The second-order valence-corrected chi connectivity index (χ2v) is 6.15. The Balaban J connectivity index is 1.81. The Kier molecular flexibility index (Phi) is 4.19. The van der Waals surface area contributed by atoms with Crippen molar-refractivity contribution in [2.75, 3.05) is 13.1 Å². The van der Waals surface area contributed by atoms with Gasteiger partial charge in [0.05, 0.1) is 0 Å². The molecular formula is C17H26N2. The molecule has 3 rings (SSSR count). The number of fused-ring (bicyclic) bond motifs is 1. The van der Waals surface area contributed by atoms with Crippen LogP contribution in [0.5, 0.6) is 0 Å². The van der Waals surface area contributed by atoms with Crippen molar-refractivity contribution in [2.24, 2.45) is 11.7 Å². The number of likely N-dealkylation sites (tertiary alicyclic amines) is 1. The van der Waals surface area contributed by atoms with E-state index < -0.39 is 0 Å². The molecule has 104 valence electrons. The molecule has 1 aromatic carbocycles. The topological polar surface area (TPSA) is 29.3 Å². The molecule has 1 aromatic rings. The summed E-state index contributed by atoms with van der Waals surface area (Å²) in [6.07, 6.45) is 8.45. The van der Waals surface area contributed by atoms with Gasteiger partial charge in [-0.1, -0.05) is 43.2 Å². The maximum atomic E-state index is 6.12. The van der Waals surface area contributed by atoms with Gasteiger partial charge in [0.15, 0.2) is 0 Å². The van der Waals surface area contributed by atoms with Crippen molar-refractivity contribution in [3.05, 3.63) is 35.9 Å². The molecule has 0 amide bonds. The molecule has 19 heavy (non-hydrogen) atoms. The Morgan fingerprint density at radius 3 is 2.58 bits per heavy atom. The lowest BCUT2D eigenvalue weighted by molar-refractivity contribution is 0.0276. The zero-order valence-electron chi connectivity index (χ0n) is 11.8. The Bertz CT molecular complexity index is 388. The average Bonchev–Trinajstić information content (AvgIpc) is 2.49. The monoisotopic (exact) mass is 258 g/mol. The van der Waals surface area contributed by atoms with Gasteiger partial charge < -0.3 is 5.73 Å². The standard InChI is InChI=1S/C17H26N2/c18-13-17(15-7-2-1-3-8-15)19-12-6-10-14-9-4-5-11-16(14)19/h1-3,7-8,14,16-17H,4-6,9-13,18H2. The van der Waals surface area contributed by atoms with E-state index in [1.807, 2.05) is 0 Å². The van der Waals surface area contributed by atoms with Crippen LogP contribution in [-0.4, -0.2) is 24.0 Å². The lowest BCUT2D eigenvalue weighted by atomic mass is 9.77. The molecule has 1 aliphatic carbocycles. The number of nitrogens with two attached hydrogens (primary N) is 1. The second kappa shape index (κ2) is 6.06. The zero-order chi connectivity index (χ0) is 13.1. The molecule has 2 nitrogen and oxygen atoms in total. The number of piperidine rings is 1. The van der Waals surface area contributed by atoms with Crippen molar-refractivity contribution in [1.29, 1.82) is 0 Å². The van der Waals surface area contributed by atoms with Crippen LogP contribution in [0.2, 0.25) is 0 Å². The van der Waals surface area contributed by atoms with Gasteiger partial charge in [-0.15, -0.1) is 0 Å². The van der Waals surface area contributed by atoms with E-state index in [-0.39, 0.29) is 0 Å². The summed E-state index contributed by atoms with van der Waals surface area (Å²) in [5.41, 5.74) is 7.52. The smallest absolute Gasteiger partial charge is 0.0473 e. The van der Waals surface area contributed by atoms with E-state index in [4.69, 9.17) is 5.73 Å². The summed E-state index contributed by atoms with van der Waals surface area (Å²) in [6, 6.07) is 12.1. The SMILES string of the molecule is NCC(c1ccccc1)N1CCCC2CCCCC21. The van der Waals surface area contributed by atoms with Crippen LogP contribution in [0.15, 0.2) is 30.3 Å². The minimum Gasteiger partial charge on any atom is -0.329 e. The molecule has 0 radical (unpaired) electrons. The van der Waals surface area contributed by atoms with E-state index in [1.54, 1.807) is 0 Å². The van der Waals surface area contributed by atoms with Gasteiger partial charge in [-0.2, -0.15) is 0 Å². The summed E-state index contributed by atoms with van der Waals surface area (Å²) in [5.74, 6) is 0.931. The predicted octanol–water partition coefficient (Wildman–Crippen LogP) is 3.34. The maximum Gasteiger partial charge on any atom is 0.0473 e. The quantitative estimate of drug-likeness (QED) is 0.901. The van der Waals surface area contributed by atoms with Crippen LogP contribution in [0.3, 0.4) is 0 Å². The van der Waals surface area contributed by atoms with Crippen molar-refractivity contribution in [3.8, 4) is 0 Å². The van der Waals surface area contributed by atoms with Crippen molar-refractivity contribution in [1.82, 2.24) is 4.90 Å². The molecule has 0 bridgehead atoms. The van der Waals surface area contributed by atoms with Crippen LogP contribution in [0, 0.1) is 5.92 Å². The van der Waals surface area contributed by atoms with E-state index in [1.165, 1.54) is 50.6 Å². The van der Waals surface area contributed by atoms with Crippen LogP contribution in [0.25, 0.3) is 0 Å². The van der Waals surface area contributed by atoms with E-state index in [2.05, 4.69) is 35.2 Å². The molecule has 3 unspecified atom stereocenters. The molecule has 2 fully saturated rings. The largest absolute Gasteiger partial charge is 0.329 e. The highest BCUT2D eigenvalue weighted by Gasteiger charge is 2.36. The molecular weight excluding hydrogens is 232 g/mol.